The van der Waals surface area contributed by atoms with Crippen molar-refractivity contribution in [2.45, 2.75) is 64.7 Å². The molecule has 0 spiro atoms. The van der Waals surface area contributed by atoms with Gasteiger partial charge >= 0.3 is 5.97 Å². The Bertz CT molecular complexity index is 436. The van der Waals surface area contributed by atoms with E-state index in [1.165, 1.54) is 19.3 Å². The maximum Gasteiger partial charge on any atom is 0.303 e. The lowest BCUT2D eigenvalue weighted by Gasteiger charge is -2.25. The molecular formula is C15H24N2O3. The minimum absolute atomic E-state index is 0.0247. The standard InChI is InChI=1S/C15H24N2O3/c1-3-11-4-6-12(7-5-11)15-16-13(20-17-15)8-10(2)9-14(18)19/h10-12H,3-9H2,1-2H3,(H,18,19). The highest BCUT2D eigenvalue weighted by atomic mass is 16.5. The van der Waals surface area contributed by atoms with E-state index in [0.717, 1.165) is 24.6 Å². The highest BCUT2D eigenvalue weighted by Gasteiger charge is 2.25. The summed E-state index contributed by atoms with van der Waals surface area (Å²) in [6.45, 7) is 4.14. The summed E-state index contributed by atoms with van der Waals surface area (Å²) in [5.74, 6) is 1.91. The van der Waals surface area contributed by atoms with Crippen molar-refractivity contribution >= 4 is 5.97 Å². The zero-order chi connectivity index (χ0) is 14.5. The average molecular weight is 280 g/mol. The van der Waals surface area contributed by atoms with Crippen LogP contribution in [0.25, 0.3) is 0 Å². The fraction of sp³-hybridized carbons (Fsp3) is 0.800. The summed E-state index contributed by atoms with van der Waals surface area (Å²) < 4.78 is 5.27. The van der Waals surface area contributed by atoms with Gasteiger partial charge in [0.15, 0.2) is 5.82 Å². The molecule has 0 amide bonds. The van der Waals surface area contributed by atoms with Crippen molar-refractivity contribution in [2.24, 2.45) is 11.8 Å². The van der Waals surface area contributed by atoms with Crippen LogP contribution >= 0.6 is 0 Å². The van der Waals surface area contributed by atoms with Gasteiger partial charge < -0.3 is 9.63 Å². The summed E-state index contributed by atoms with van der Waals surface area (Å²) in [5, 5.41) is 12.8. The first-order valence-corrected chi connectivity index (χ1v) is 7.62. The van der Waals surface area contributed by atoms with Gasteiger partial charge in [0.1, 0.15) is 0 Å². The van der Waals surface area contributed by atoms with E-state index in [9.17, 15) is 4.79 Å². The van der Waals surface area contributed by atoms with Crippen LogP contribution in [0.5, 0.6) is 0 Å². The maximum absolute atomic E-state index is 10.6. The Balaban J connectivity index is 1.87. The van der Waals surface area contributed by atoms with Gasteiger partial charge in [-0.1, -0.05) is 25.4 Å². The van der Waals surface area contributed by atoms with Crippen LogP contribution in [-0.2, 0) is 11.2 Å². The molecule has 1 unspecified atom stereocenters. The van der Waals surface area contributed by atoms with Crippen molar-refractivity contribution in [3.63, 3.8) is 0 Å². The van der Waals surface area contributed by atoms with Crippen molar-refractivity contribution in [2.75, 3.05) is 0 Å². The molecule has 0 saturated heterocycles. The Kier molecular flexibility index (Phi) is 5.15. The van der Waals surface area contributed by atoms with Crippen molar-refractivity contribution in [1.29, 1.82) is 0 Å². The first-order chi connectivity index (χ1) is 9.58. The number of carboxylic acids is 1. The number of aromatic nitrogens is 2. The molecule has 20 heavy (non-hydrogen) atoms. The van der Waals surface area contributed by atoms with Crippen LogP contribution < -0.4 is 0 Å². The minimum Gasteiger partial charge on any atom is -0.481 e. The Morgan fingerprint density at radius 1 is 1.40 bits per heavy atom. The summed E-state index contributed by atoms with van der Waals surface area (Å²) in [6.07, 6.45) is 6.73. The fourth-order valence-electron chi connectivity index (χ4n) is 3.01. The van der Waals surface area contributed by atoms with E-state index in [2.05, 4.69) is 17.1 Å². The molecule has 0 aliphatic heterocycles. The lowest BCUT2D eigenvalue weighted by Crippen LogP contribution is -2.13. The van der Waals surface area contributed by atoms with E-state index < -0.39 is 5.97 Å². The summed E-state index contributed by atoms with van der Waals surface area (Å²) in [6, 6.07) is 0. The molecule has 1 aromatic heterocycles. The van der Waals surface area contributed by atoms with Gasteiger partial charge in [-0.2, -0.15) is 4.98 Å². The highest BCUT2D eigenvalue weighted by molar-refractivity contribution is 5.66. The summed E-state index contributed by atoms with van der Waals surface area (Å²) >= 11 is 0. The maximum atomic E-state index is 10.6. The van der Waals surface area contributed by atoms with Crippen LogP contribution in [0, 0.1) is 11.8 Å². The number of carbonyl (C=O) groups is 1. The van der Waals surface area contributed by atoms with Crippen molar-refractivity contribution < 1.29 is 14.4 Å². The third kappa shape index (κ3) is 4.05. The van der Waals surface area contributed by atoms with Gasteiger partial charge in [0, 0.05) is 18.8 Å². The van der Waals surface area contributed by atoms with E-state index in [1.54, 1.807) is 0 Å². The summed E-state index contributed by atoms with van der Waals surface area (Å²) in [4.78, 5) is 15.1. The Morgan fingerprint density at radius 3 is 2.70 bits per heavy atom. The van der Waals surface area contributed by atoms with Crippen molar-refractivity contribution in [3.8, 4) is 0 Å². The van der Waals surface area contributed by atoms with E-state index in [0.29, 0.717) is 18.2 Å². The van der Waals surface area contributed by atoms with Crippen LogP contribution in [0.4, 0.5) is 0 Å². The second-order valence-corrected chi connectivity index (χ2v) is 6.08. The number of hydrogen-bond acceptors (Lipinski definition) is 4. The molecule has 1 aliphatic rings. The predicted octanol–water partition coefficient (Wildman–Crippen LogP) is 3.41. The van der Waals surface area contributed by atoms with E-state index in [1.807, 2.05) is 6.92 Å². The molecule has 1 N–H and O–H groups in total. The van der Waals surface area contributed by atoms with Crippen LogP contribution in [-0.4, -0.2) is 21.2 Å². The van der Waals surface area contributed by atoms with Crippen molar-refractivity contribution in [3.05, 3.63) is 11.7 Å². The zero-order valence-electron chi connectivity index (χ0n) is 12.3. The lowest BCUT2D eigenvalue weighted by atomic mass is 9.80. The van der Waals surface area contributed by atoms with Gasteiger partial charge in [0.05, 0.1) is 0 Å². The molecule has 1 atom stereocenters. The van der Waals surface area contributed by atoms with Gasteiger partial charge in [0.25, 0.3) is 0 Å². The topological polar surface area (TPSA) is 76.2 Å². The second-order valence-electron chi connectivity index (χ2n) is 6.08. The van der Waals surface area contributed by atoms with Crippen LogP contribution in [0.3, 0.4) is 0 Å². The Labute approximate surface area is 119 Å². The quantitative estimate of drug-likeness (QED) is 0.864. The van der Waals surface area contributed by atoms with Crippen LogP contribution in [0.15, 0.2) is 4.52 Å². The largest absolute Gasteiger partial charge is 0.481 e. The third-order valence-corrected chi connectivity index (χ3v) is 4.32. The molecule has 0 aromatic carbocycles. The number of nitrogens with zero attached hydrogens (tertiary/aromatic N) is 2. The molecule has 112 valence electrons. The molecular weight excluding hydrogens is 256 g/mol. The van der Waals surface area contributed by atoms with Crippen molar-refractivity contribution in [1.82, 2.24) is 10.1 Å². The minimum atomic E-state index is -0.782. The Morgan fingerprint density at radius 2 is 2.10 bits per heavy atom. The molecule has 1 heterocycles. The van der Waals surface area contributed by atoms with Gasteiger partial charge in [-0.3, -0.25) is 4.79 Å². The molecule has 0 radical (unpaired) electrons. The molecule has 1 saturated carbocycles. The predicted molar refractivity (Wildman–Crippen MR) is 74.4 cm³/mol. The molecule has 5 nitrogen and oxygen atoms in total. The van der Waals surface area contributed by atoms with Gasteiger partial charge in [0.2, 0.25) is 5.89 Å². The average Bonchev–Trinajstić information content (AvgIpc) is 2.86. The van der Waals surface area contributed by atoms with Crippen LogP contribution in [0.1, 0.15) is 70.0 Å². The zero-order valence-corrected chi connectivity index (χ0v) is 12.3. The first kappa shape index (κ1) is 15.0. The fourth-order valence-corrected chi connectivity index (χ4v) is 3.01. The van der Waals surface area contributed by atoms with Crippen LogP contribution in [0.2, 0.25) is 0 Å². The third-order valence-electron chi connectivity index (χ3n) is 4.32. The molecule has 0 bridgehead atoms. The smallest absolute Gasteiger partial charge is 0.303 e. The number of hydrogen-bond donors (Lipinski definition) is 1. The second kappa shape index (κ2) is 6.86. The monoisotopic (exact) mass is 280 g/mol. The SMILES string of the molecule is CCC1CCC(c2noc(CC(C)CC(=O)O)n2)CC1. The molecule has 1 aromatic rings. The summed E-state index contributed by atoms with van der Waals surface area (Å²) in [5.41, 5.74) is 0. The number of aliphatic carboxylic acids is 1. The normalized spacial score (nSPS) is 24.5. The van der Waals surface area contributed by atoms with Gasteiger partial charge in [-0.25, -0.2) is 0 Å². The lowest BCUT2D eigenvalue weighted by molar-refractivity contribution is -0.137. The molecule has 2 rings (SSSR count). The van der Waals surface area contributed by atoms with E-state index >= 15 is 0 Å². The molecule has 5 heteroatoms. The van der Waals surface area contributed by atoms with E-state index in [4.69, 9.17) is 9.63 Å². The highest BCUT2D eigenvalue weighted by Crippen LogP contribution is 2.35. The van der Waals surface area contributed by atoms with Gasteiger partial charge in [-0.15, -0.1) is 0 Å². The first-order valence-electron chi connectivity index (χ1n) is 7.62. The van der Waals surface area contributed by atoms with Gasteiger partial charge in [-0.05, 0) is 37.5 Å². The number of rotatable bonds is 6. The molecule has 1 fully saturated rings. The molecule has 1 aliphatic carbocycles. The number of carboxylic acid groups (broad SMARTS) is 1. The summed E-state index contributed by atoms with van der Waals surface area (Å²) in [7, 11) is 0. The van der Waals surface area contributed by atoms with E-state index in [-0.39, 0.29) is 12.3 Å². The Hall–Kier alpha value is -1.39.